The Morgan fingerprint density at radius 1 is 1.47 bits per heavy atom. The van der Waals surface area contributed by atoms with E-state index < -0.39 is 21.3 Å². The fraction of sp³-hybridized carbons (Fsp3) is 0.889. The summed E-state index contributed by atoms with van der Waals surface area (Å²) in [6, 6.07) is -0.416. The summed E-state index contributed by atoms with van der Waals surface area (Å²) in [4.78, 5) is 11.3. The van der Waals surface area contributed by atoms with E-state index in [9.17, 15) is 13.2 Å². The molecule has 1 saturated heterocycles. The predicted molar refractivity (Wildman–Crippen MR) is 59.8 cm³/mol. The van der Waals surface area contributed by atoms with Crippen LogP contribution in [-0.2, 0) is 14.6 Å². The molecule has 1 rings (SSSR count). The van der Waals surface area contributed by atoms with Crippen LogP contribution >= 0.6 is 11.6 Å². The monoisotopic (exact) mass is 253 g/mol. The molecule has 0 radical (unpaired) electrons. The van der Waals surface area contributed by atoms with E-state index in [1.165, 1.54) is 0 Å². The van der Waals surface area contributed by atoms with Crippen molar-refractivity contribution in [3.63, 3.8) is 0 Å². The minimum Gasteiger partial charge on any atom is -0.351 e. The normalized spacial score (nSPS) is 28.9. The number of hydrogen-bond acceptors (Lipinski definition) is 3. The average molecular weight is 254 g/mol. The van der Waals surface area contributed by atoms with E-state index in [0.717, 1.165) is 12.8 Å². The van der Waals surface area contributed by atoms with Crippen LogP contribution in [0, 0.1) is 0 Å². The quantitative estimate of drug-likeness (QED) is 0.750. The number of unbranched alkanes of at least 4 members (excludes halogenated alkanes) is 1. The first-order valence-electron chi connectivity index (χ1n) is 5.08. The van der Waals surface area contributed by atoms with Gasteiger partial charge >= 0.3 is 0 Å². The van der Waals surface area contributed by atoms with Gasteiger partial charge in [0.2, 0.25) is 5.91 Å². The van der Waals surface area contributed by atoms with Gasteiger partial charge in [-0.1, -0.05) is 13.3 Å². The number of amides is 1. The molecule has 0 aliphatic carbocycles. The predicted octanol–water partition coefficient (Wildman–Crippen LogP) is 0.697. The van der Waals surface area contributed by atoms with Crippen LogP contribution in [0.5, 0.6) is 0 Å². The molecule has 1 aliphatic heterocycles. The van der Waals surface area contributed by atoms with Gasteiger partial charge in [0.1, 0.15) is 0 Å². The lowest BCUT2D eigenvalue weighted by Gasteiger charge is -2.13. The van der Waals surface area contributed by atoms with Gasteiger partial charge in [0.25, 0.3) is 0 Å². The summed E-state index contributed by atoms with van der Waals surface area (Å²) in [5.41, 5.74) is 0. The third-order valence-corrected chi connectivity index (χ3v) is 4.76. The van der Waals surface area contributed by atoms with Crippen molar-refractivity contribution >= 4 is 27.3 Å². The van der Waals surface area contributed by atoms with Crippen molar-refractivity contribution in [3.8, 4) is 0 Å². The molecule has 1 aliphatic rings. The highest BCUT2D eigenvalue weighted by molar-refractivity contribution is 7.91. The number of nitrogens with one attached hydrogen (secondary N) is 1. The topological polar surface area (TPSA) is 63.2 Å². The number of carbonyl (C=O) groups is 1. The van der Waals surface area contributed by atoms with Crippen molar-refractivity contribution in [3.05, 3.63) is 0 Å². The summed E-state index contributed by atoms with van der Waals surface area (Å²) in [5, 5.41) is 2.18. The molecule has 2 atom stereocenters. The van der Waals surface area contributed by atoms with Crippen molar-refractivity contribution in [2.24, 2.45) is 0 Å². The Kier molecular flexibility index (Phi) is 4.40. The lowest BCUT2D eigenvalue weighted by Crippen LogP contribution is -2.40. The average Bonchev–Trinajstić information content (AvgIpc) is 2.36. The van der Waals surface area contributed by atoms with E-state index in [2.05, 4.69) is 5.32 Å². The standard InChI is InChI=1S/C9H16ClNO3S/c1-2-3-4-9(12)11-8-6-15(13,14)5-7(8)10/h7-8H,2-6H2,1H3,(H,11,12). The number of sulfone groups is 1. The highest BCUT2D eigenvalue weighted by Gasteiger charge is 2.36. The van der Waals surface area contributed by atoms with Gasteiger partial charge in [0.05, 0.1) is 22.9 Å². The van der Waals surface area contributed by atoms with Crippen LogP contribution in [0.15, 0.2) is 0 Å². The van der Waals surface area contributed by atoms with Crippen molar-refractivity contribution in [1.29, 1.82) is 0 Å². The molecule has 0 spiro atoms. The van der Waals surface area contributed by atoms with Gasteiger partial charge in [-0.15, -0.1) is 11.6 Å². The summed E-state index contributed by atoms with van der Waals surface area (Å²) in [6.07, 6.45) is 2.20. The summed E-state index contributed by atoms with van der Waals surface area (Å²) >= 11 is 5.85. The molecule has 0 saturated carbocycles. The summed E-state index contributed by atoms with van der Waals surface area (Å²) in [6.45, 7) is 2.00. The van der Waals surface area contributed by atoms with Gasteiger partial charge in [-0.2, -0.15) is 0 Å². The molecular weight excluding hydrogens is 238 g/mol. The van der Waals surface area contributed by atoms with Crippen LogP contribution < -0.4 is 5.32 Å². The molecule has 0 aromatic heterocycles. The van der Waals surface area contributed by atoms with E-state index in [-0.39, 0.29) is 17.4 Å². The van der Waals surface area contributed by atoms with Gasteiger partial charge in [0.15, 0.2) is 9.84 Å². The molecule has 15 heavy (non-hydrogen) atoms. The van der Waals surface area contributed by atoms with E-state index in [0.29, 0.717) is 6.42 Å². The number of carbonyl (C=O) groups excluding carboxylic acids is 1. The zero-order valence-electron chi connectivity index (χ0n) is 8.70. The SMILES string of the molecule is CCCCC(=O)NC1CS(=O)(=O)CC1Cl. The smallest absolute Gasteiger partial charge is 0.220 e. The molecule has 88 valence electrons. The fourth-order valence-corrected chi connectivity index (χ4v) is 4.10. The van der Waals surface area contributed by atoms with E-state index in [1.807, 2.05) is 6.92 Å². The first-order valence-corrected chi connectivity index (χ1v) is 7.34. The Labute approximate surface area is 95.3 Å². The maximum atomic E-state index is 11.3. The van der Waals surface area contributed by atoms with E-state index in [4.69, 9.17) is 11.6 Å². The molecule has 0 aromatic carbocycles. The van der Waals surface area contributed by atoms with Gasteiger partial charge in [-0.3, -0.25) is 4.79 Å². The largest absolute Gasteiger partial charge is 0.351 e. The highest BCUT2D eigenvalue weighted by Crippen LogP contribution is 2.18. The summed E-state index contributed by atoms with van der Waals surface area (Å²) in [7, 11) is -3.06. The Bertz CT molecular complexity index is 328. The molecule has 1 amide bonds. The number of alkyl halides is 1. The zero-order valence-corrected chi connectivity index (χ0v) is 10.3. The Morgan fingerprint density at radius 3 is 2.60 bits per heavy atom. The second kappa shape index (κ2) is 5.16. The molecule has 4 nitrogen and oxygen atoms in total. The fourth-order valence-electron chi connectivity index (χ4n) is 1.55. The van der Waals surface area contributed by atoms with Crippen molar-refractivity contribution in [2.45, 2.75) is 37.6 Å². The minimum atomic E-state index is -3.06. The van der Waals surface area contributed by atoms with Gasteiger partial charge in [-0.25, -0.2) is 8.42 Å². The Morgan fingerprint density at radius 2 is 2.13 bits per heavy atom. The molecule has 1 heterocycles. The number of hydrogen-bond donors (Lipinski definition) is 1. The molecular formula is C9H16ClNO3S. The van der Waals surface area contributed by atoms with Crippen molar-refractivity contribution in [2.75, 3.05) is 11.5 Å². The van der Waals surface area contributed by atoms with E-state index in [1.54, 1.807) is 0 Å². The van der Waals surface area contributed by atoms with E-state index >= 15 is 0 Å². The lowest BCUT2D eigenvalue weighted by molar-refractivity contribution is -0.121. The van der Waals surface area contributed by atoms with Gasteiger partial charge in [0, 0.05) is 6.42 Å². The van der Waals surface area contributed by atoms with Crippen LogP contribution in [0.2, 0.25) is 0 Å². The van der Waals surface area contributed by atoms with Crippen LogP contribution in [0.3, 0.4) is 0 Å². The van der Waals surface area contributed by atoms with Crippen molar-refractivity contribution in [1.82, 2.24) is 5.32 Å². The maximum absolute atomic E-state index is 11.3. The van der Waals surface area contributed by atoms with Crippen LogP contribution in [0.25, 0.3) is 0 Å². The number of rotatable bonds is 4. The zero-order chi connectivity index (χ0) is 11.5. The summed E-state index contributed by atoms with van der Waals surface area (Å²) in [5.74, 6) is -0.170. The molecule has 1 N–H and O–H groups in total. The molecule has 6 heteroatoms. The minimum absolute atomic E-state index is 0.0287. The van der Waals surface area contributed by atoms with Crippen LogP contribution in [0.4, 0.5) is 0 Å². The third kappa shape index (κ3) is 3.99. The first-order chi connectivity index (χ1) is 6.94. The highest BCUT2D eigenvalue weighted by atomic mass is 35.5. The molecule has 1 fully saturated rings. The Hall–Kier alpha value is -0.290. The third-order valence-electron chi connectivity index (χ3n) is 2.39. The number of halogens is 1. The molecule has 2 unspecified atom stereocenters. The summed E-state index contributed by atoms with van der Waals surface area (Å²) < 4.78 is 22.4. The Balaban J connectivity index is 2.43. The van der Waals surface area contributed by atoms with Crippen molar-refractivity contribution < 1.29 is 13.2 Å². The first kappa shape index (κ1) is 12.8. The maximum Gasteiger partial charge on any atom is 0.220 e. The van der Waals surface area contributed by atoms with Crippen LogP contribution in [0.1, 0.15) is 26.2 Å². The van der Waals surface area contributed by atoms with Crippen LogP contribution in [-0.4, -0.2) is 37.2 Å². The lowest BCUT2D eigenvalue weighted by atomic mass is 10.2. The second-order valence-corrected chi connectivity index (χ2v) is 6.58. The molecule has 0 bridgehead atoms. The van der Waals surface area contributed by atoms with Gasteiger partial charge < -0.3 is 5.32 Å². The van der Waals surface area contributed by atoms with Gasteiger partial charge in [-0.05, 0) is 6.42 Å². The second-order valence-electron chi connectivity index (χ2n) is 3.87. The molecule has 0 aromatic rings.